The predicted molar refractivity (Wildman–Crippen MR) is 89.2 cm³/mol. The number of rotatable bonds is 8. The van der Waals surface area contributed by atoms with Gasteiger partial charge >= 0.3 is 0 Å². The van der Waals surface area contributed by atoms with Crippen molar-refractivity contribution in [2.45, 2.75) is 53.4 Å². The van der Waals surface area contributed by atoms with Crippen LogP contribution in [-0.2, 0) is 0 Å². The van der Waals surface area contributed by atoms with Crippen molar-refractivity contribution in [1.82, 2.24) is 5.32 Å². The molecule has 0 heterocycles. The second-order valence-electron chi connectivity index (χ2n) is 6.48. The van der Waals surface area contributed by atoms with Crippen LogP contribution in [0.3, 0.4) is 0 Å². The van der Waals surface area contributed by atoms with Gasteiger partial charge in [-0.3, -0.25) is 10.6 Å². The Bertz CT molecular complexity index is 469. The summed E-state index contributed by atoms with van der Waals surface area (Å²) in [5.41, 5.74) is 5.16. The van der Waals surface area contributed by atoms with E-state index in [4.69, 9.17) is 5.84 Å². The SMILES string of the molecule is CCCCCC(C)(C)CNC(=O)c1ccc(NN)cc1C. The molecule has 0 bridgehead atoms. The van der Waals surface area contributed by atoms with Crippen molar-refractivity contribution in [2.24, 2.45) is 11.3 Å². The van der Waals surface area contributed by atoms with E-state index in [2.05, 4.69) is 31.5 Å². The summed E-state index contributed by atoms with van der Waals surface area (Å²) in [4.78, 5) is 12.3. The van der Waals surface area contributed by atoms with E-state index in [1.54, 1.807) is 0 Å². The molecule has 0 unspecified atom stereocenters. The van der Waals surface area contributed by atoms with Crippen LogP contribution in [0, 0.1) is 12.3 Å². The molecule has 0 fully saturated rings. The highest BCUT2D eigenvalue weighted by molar-refractivity contribution is 5.96. The molecule has 4 nitrogen and oxygen atoms in total. The van der Waals surface area contributed by atoms with Crippen molar-refractivity contribution in [1.29, 1.82) is 0 Å². The van der Waals surface area contributed by atoms with Gasteiger partial charge in [0.05, 0.1) is 0 Å². The molecule has 4 heteroatoms. The Morgan fingerprint density at radius 3 is 2.57 bits per heavy atom. The minimum atomic E-state index is -0.0142. The van der Waals surface area contributed by atoms with Gasteiger partial charge in [-0.1, -0.05) is 40.0 Å². The molecule has 0 atom stereocenters. The number of nitrogens with two attached hydrogens (primary N) is 1. The number of hydrazine groups is 1. The van der Waals surface area contributed by atoms with Gasteiger partial charge in [0.2, 0.25) is 0 Å². The van der Waals surface area contributed by atoms with Gasteiger partial charge in [-0.25, -0.2) is 0 Å². The summed E-state index contributed by atoms with van der Waals surface area (Å²) >= 11 is 0. The number of carbonyl (C=O) groups excluding carboxylic acids is 1. The second kappa shape index (κ2) is 8.03. The maximum atomic E-state index is 12.3. The zero-order valence-corrected chi connectivity index (χ0v) is 13.8. The summed E-state index contributed by atoms with van der Waals surface area (Å²) in [6, 6.07) is 5.50. The van der Waals surface area contributed by atoms with Gasteiger partial charge in [0.1, 0.15) is 0 Å². The van der Waals surface area contributed by atoms with Gasteiger partial charge in [-0.15, -0.1) is 0 Å². The number of nitrogen functional groups attached to an aromatic ring is 1. The van der Waals surface area contributed by atoms with E-state index in [1.807, 2.05) is 25.1 Å². The molecule has 1 aromatic carbocycles. The zero-order valence-electron chi connectivity index (χ0n) is 13.8. The highest BCUT2D eigenvalue weighted by Gasteiger charge is 2.19. The molecule has 21 heavy (non-hydrogen) atoms. The van der Waals surface area contributed by atoms with Crippen LogP contribution in [0.25, 0.3) is 0 Å². The molecule has 4 N–H and O–H groups in total. The van der Waals surface area contributed by atoms with E-state index in [0.29, 0.717) is 12.1 Å². The fourth-order valence-corrected chi connectivity index (χ4v) is 2.36. The van der Waals surface area contributed by atoms with Crippen LogP contribution < -0.4 is 16.6 Å². The van der Waals surface area contributed by atoms with E-state index in [-0.39, 0.29) is 11.3 Å². The van der Waals surface area contributed by atoms with Gasteiger partial charge < -0.3 is 10.7 Å². The molecular weight excluding hydrogens is 262 g/mol. The zero-order chi connectivity index (χ0) is 15.9. The standard InChI is InChI=1S/C17H29N3O/c1-5-6-7-10-17(3,4)12-19-16(21)15-9-8-14(20-18)11-13(15)2/h8-9,11,20H,5-7,10,12,18H2,1-4H3,(H,19,21). The number of anilines is 1. The quantitative estimate of drug-likeness (QED) is 0.389. The lowest BCUT2D eigenvalue weighted by Crippen LogP contribution is -2.34. The molecule has 0 aromatic heterocycles. The number of nitrogens with one attached hydrogen (secondary N) is 2. The topological polar surface area (TPSA) is 67.2 Å². The minimum absolute atomic E-state index is 0.0142. The van der Waals surface area contributed by atoms with Crippen LogP contribution in [0.15, 0.2) is 18.2 Å². The lowest BCUT2D eigenvalue weighted by molar-refractivity contribution is 0.0933. The van der Waals surface area contributed by atoms with Crippen LogP contribution in [0.2, 0.25) is 0 Å². The monoisotopic (exact) mass is 291 g/mol. The number of carbonyl (C=O) groups is 1. The highest BCUT2D eigenvalue weighted by Crippen LogP contribution is 2.23. The van der Waals surface area contributed by atoms with Crippen LogP contribution >= 0.6 is 0 Å². The first-order valence-electron chi connectivity index (χ1n) is 7.75. The first kappa shape index (κ1) is 17.5. The number of unbranched alkanes of at least 4 members (excludes halogenated alkanes) is 2. The fourth-order valence-electron chi connectivity index (χ4n) is 2.36. The molecule has 0 saturated heterocycles. The lowest BCUT2D eigenvalue weighted by Gasteiger charge is -2.25. The molecule has 1 aromatic rings. The van der Waals surface area contributed by atoms with Crippen molar-refractivity contribution in [3.63, 3.8) is 0 Å². The van der Waals surface area contributed by atoms with Crippen LogP contribution in [0.4, 0.5) is 5.69 Å². The Hall–Kier alpha value is -1.55. The van der Waals surface area contributed by atoms with E-state index >= 15 is 0 Å². The first-order valence-corrected chi connectivity index (χ1v) is 7.75. The summed E-state index contributed by atoms with van der Waals surface area (Å²) in [7, 11) is 0. The molecule has 0 aliphatic rings. The molecule has 0 aliphatic carbocycles. The Morgan fingerprint density at radius 2 is 2.00 bits per heavy atom. The summed E-state index contributed by atoms with van der Waals surface area (Å²) in [5, 5.41) is 3.05. The molecule has 1 amide bonds. The van der Waals surface area contributed by atoms with E-state index in [1.165, 1.54) is 19.3 Å². The minimum Gasteiger partial charge on any atom is -0.351 e. The average molecular weight is 291 g/mol. The normalized spacial score (nSPS) is 11.3. The van der Waals surface area contributed by atoms with E-state index in [0.717, 1.165) is 17.7 Å². The molecule has 1 rings (SSSR count). The molecule has 0 aliphatic heterocycles. The molecule has 0 radical (unpaired) electrons. The number of hydrogen-bond acceptors (Lipinski definition) is 3. The molecular formula is C17H29N3O. The second-order valence-corrected chi connectivity index (χ2v) is 6.48. The Balaban J connectivity index is 2.57. The van der Waals surface area contributed by atoms with E-state index < -0.39 is 0 Å². The van der Waals surface area contributed by atoms with Gasteiger partial charge in [0.15, 0.2) is 0 Å². The summed E-state index contributed by atoms with van der Waals surface area (Å²) in [6.45, 7) is 9.24. The number of amides is 1. The summed E-state index contributed by atoms with van der Waals surface area (Å²) in [5.74, 6) is 5.35. The van der Waals surface area contributed by atoms with Crippen molar-refractivity contribution in [3.8, 4) is 0 Å². The number of aryl methyl sites for hydroxylation is 1. The molecule has 118 valence electrons. The van der Waals surface area contributed by atoms with Crippen molar-refractivity contribution >= 4 is 11.6 Å². The van der Waals surface area contributed by atoms with Crippen LogP contribution in [-0.4, -0.2) is 12.5 Å². The molecule has 0 saturated carbocycles. The van der Waals surface area contributed by atoms with E-state index in [9.17, 15) is 4.79 Å². The summed E-state index contributed by atoms with van der Waals surface area (Å²) < 4.78 is 0. The Kier molecular flexibility index (Phi) is 6.69. The Labute approximate surface area is 128 Å². The largest absolute Gasteiger partial charge is 0.351 e. The third kappa shape index (κ3) is 5.76. The lowest BCUT2D eigenvalue weighted by atomic mass is 9.87. The van der Waals surface area contributed by atoms with Crippen LogP contribution in [0.1, 0.15) is 62.4 Å². The predicted octanol–water partition coefficient (Wildman–Crippen LogP) is 3.62. The third-order valence-electron chi connectivity index (χ3n) is 3.82. The first-order chi connectivity index (χ1) is 9.89. The number of hydrogen-bond donors (Lipinski definition) is 3. The van der Waals surface area contributed by atoms with Gasteiger partial charge in [-0.05, 0) is 42.5 Å². The highest BCUT2D eigenvalue weighted by atomic mass is 16.1. The van der Waals surface area contributed by atoms with Crippen LogP contribution in [0.5, 0.6) is 0 Å². The van der Waals surface area contributed by atoms with Crippen molar-refractivity contribution in [3.05, 3.63) is 29.3 Å². The van der Waals surface area contributed by atoms with Crippen molar-refractivity contribution in [2.75, 3.05) is 12.0 Å². The van der Waals surface area contributed by atoms with Crippen molar-refractivity contribution < 1.29 is 4.79 Å². The Morgan fingerprint density at radius 1 is 1.29 bits per heavy atom. The fraction of sp³-hybridized carbons (Fsp3) is 0.588. The third-order valence-corrected chi connectivity index (χ3v) is 3.82. The maximum absolute atomic E-state index is 12.3. The maximum Gasteiger partial charge on any atom is 0.251 e. The van der Waals surface area contributed by atoms with Gasteiger partial charge in [0.25, 0.3) is 5.91 Å². The summed E-state index contributed by atoms with van der Waals surface area (Å²) in [6.07, 6.45) is 4.83. The molecule has 0 spiro atoms. The smallest absolute Gasteiger partial charge is 0.251 e. The average Bonchev–Trinajstić information content (AvgIpc) is 2.45. The van der Waals surface area contributed by atoms with Gasteiger partial charge in [0, 0.05) is 17.8 Å². The number of benzene rings is 1. The van der Waals surface area contributed by atoms with Gasteiger partial charge in [-0.2, -0.15) is 0 Å².